The summed E-state index contributed by atoms with van der Waals surface area (Å²) in [6, 6.07) is 13.0. The molecule has 1 aromatic heterocycles. The van der Waals surface area contributed by atoms with E-state index in [9.17, 15) is 4.39 Å². The molecule has 3 aromatic rings. The van der Waals surface area contributed by atoms with Crippen LogP contribution in [-0.4, -0.2) is 16.1 Å². The number of hydrogen-bond donors (Lipinski definition) is 1. The molecule has 2 N–H and O–H groups in total. The molecule has 0 aliphatic rings. The molecule has 0 radical (unpaired) electrons. The first-order valence-corrected chi connectivity index (χ1v) is 7.57. The third-order valence-electron chi connectivity index (χ3n) is 3.82. The van der Waals surface area contributed by atoms with Crippen molar-refractivity contribution in [3.05, 3.63) is 65.2 Å². The molecule has 4 heteroatoms. The highest BCUT2D eigenvalue weighted by atomic mass is 19.1. The molecular weight excluding hydrogens is 277 g/mol. The van der Waals surface area contributed by atoms with Crippen LogP contribution < -0.4 is 5.73 Å². The first-order valence-electron chi connectivity index (χ1n) is 7.57. The average Bonchev–Trinajstić information content (AvgIpc) is 2.82. The van der Waals surface area contributed by atoms with E-state index in [-0.39, 0.29) is 5.82 Å². The molecule has 3 rings (SSSR count). The zero-order valence-corrected chi connectivity index (χ0v) is 12.7. The molecule has 0 fully saturated rings. The average molecular weight is 297 g/mol. The smallest absolute Gasteiger partial charge is 0.123 e. The van der Waals surface area contributed by atoms with Gasteiger partial charge < -0.3 is 10.3 Å². The fourth-order valence-electron chi connectivity index (χ4n) is 2.74. The fourth-order valence-corrected chi connectivity index (χ4v) is 2.74. The van der Waals surface area contributed by atoms with Crippen LogP contribution in [-0.2, 0) is 13.0 Å². The maximum Gasteiger partial charge on any atom is 0.123 e. The summed E-state index contributed by atoms with van der Waals surface area (Å²) in [4.78, 5) is 4.74. The normalized spacial score (nSPS) is 11.2. The Morgan fingerprint density at radius 2 is 2.05 bits per heavy atom. The molecule has 114 valence electrons. The van der Waals surface area contributed by atoms with Gasteiger partial charge in [-0.15, -0.1) is 0 Å². The van der Waals surface area contributed by atoms with E-state index < -0.39 is 0 Å². The Labute approximate surface area is 129 Å². The number of fused-ring (bicyclic) bond motifs is 1. The monoisotopic (exact) mass is 297 g/mol. The molecule has 2 aromatic carbocycles. The van der Waals surface area contributed by atoms with Crippen LogP contribution in [0.15, 0.2) is 42.5 Å². The predicted octanol–water partition coefficient (Wildman–Crippen LogP) is 3.42. The first kappa shape index (κ1) is 14.7. The molecule has 0 bridgehead atoms. The minimum Gasteiger partial charge on any atom is -0.330 e. The lowest BCUT2D eigenvalue weighted by Gasteiger charge is -2.09. The summed E-state index contributed by atoms with van der Waals surface area (Å²) in [6.45, 7) is 3.32. The summed E-state index contributed by atoms with van der Waals surface area (Å²) in [6.07, 6.45) is 1.73. The second-order valence-electron chi connectivity index (χ2n) is 5.63. The van der Waals surface area contributed by atoms with Gasteiger partial charge in [-0.1, -0.05) is 18.2 Å². The number of rotatable bonds is 5. The molecule has 0 aliphatic carbocycles. The zero-order valence-electron chi connectivity index (χ0n) is 12.7. The Kier molecular flexibility index (Phi) is 4.20. The van der Waals surface area contributed by atoms with Crippen LogP contribution in [0.25, 0.3) is 11.0 Å². The van der Waals surface area contributed by atoms with Crippen LogP contribution in [0.1, 0.15) is 23.4 Å². The third-order valence-corrected chi connectivity index (χ3v) is 3.82. The molecular formula is C18H20FN3. The molecule has 0 unspecified atom stereocenters. The van der Waals surface area contributed by atoms with Crippen molar-refractivity contribution >= 4 is 11.0 Å². The number of benzene rings is 2. The minimum absolute atomic E-state index is 0.207. The topological polar surface area (TPSA) is 43.8 Å². The predicted molar refractivity (Wildman–Crippen MR) is 87.3 cm³/mol. The van der Waals surface area contributed by atoms with Crippen molar-refractivity contribution in [1.29, 1.82) is 0 Å². The van der Waals surface area contributed by atoms with Crippen LogP contribution in [0.5, 0.6) is 0 Å². The SMILES string of the molecule is Cc1ccc2c(c1)nc(CCCN)n2Cc1cccc(F)c1. The molecule has 0 amide bonds. The maximum absolute atomic E-state index is 13.4. The third kappa shape index (κ3) is 3.02. The number of nitrogens with two attached hydrogens (primary N) is 1. The molecule has 22 heavy (non-hydrogen) atoms. The summed E-state index contributed by atoms with van der Waals surface area (Å²) in [5.74, 6) is 0.802. The molecule has 1 heterocycles. The van der Waals surface area contributed by atoms with Gasteiger partial charge in [0, 0.05) is 13.0 Å². The molecule has 3 nitrogen and oxygen atoms in total. The second kappa shape index (κ2) is 6.28. The van der Waals surface area contributed by atoms with Gasteiger partial charge in [0.25, 0.3) is 0 Å². The van der Waals surface area contributed by atoms with E-state index in [0.717, 1.165) is 35.3 Å². The van der Waals surface area contributed by atoms with Crippen LogP contribution in [0.4, 0.5) is 4.39 Å². The van der Waals surface area contributed by atoms with Crippen molar-refractivity contribution in [3.63, 3.8) is 0 Å². The lowest BCUT2D eigenvalue weighted by molar-refractivity contribution is 0.622. The number of imidazole rings is 1. The Hall–Kier alpha value is -2.20. The minimum atomic E-state index is -0.207. The molecule has 0 aliphatic heterocycles. The van der Waals surface area contributed by atoms with Gasteiger partial charge in [-0.2, -0.15) is 0 Å². The highest BCUT2D eigenvalue weighted by Crippen LogP contribution is 2.20. The molecule has 0 saturated carbocycles. The van der Waals surface area contributed by atoms with E-state index in [1.807, 2.05) is 6.07 Å². The maximum atomic E-state index is 13.4. The van der Waals surface area contributed by atoms with Gasteiger partial charge >= 0.3 is 0 Å². The summed E-state index contributed by atoms with van der Waals surface area (Å²) in [5, 5.41) is 0. The summed E-state index contributed by atoms with van der Waals surface area (Å²) in [7, 11) is 0. The van der Waals surface area contributed by atoms with E-state index >= 15 is 0 Å². The lowest BCUT2D eigenvalue weighted by atomic mass is 10.2. The lowest BCUT2D eigenvalue weighted by Crippen LogP contribution is -2.08. The molecule has 0 saturated heterocycles. The van der Waals surface area contributed by atoms with Crippen molar-refractivity contribution in [3.8, 4) is 0 Å². The van der Waals surface area contributed by atoms with Crippen molar-refractivity contribution in [1.82, 2.24) is 9.55 Å². The van der Waals surface area contributed by atoms with Crippen LogP contribution in [0.3, 0.4) is 0 Å². The van der Waals surface area contributed by atoms with E-state index in [4.69, 9.17) is 10.7 Å². The summed E-state index contributed by atoms with van der Waals surface area (Å²) in [5.41, 5.74) is 9.83. The van der Waals surface area contributed by atoms with E-state index in [1.165, 1.54) is 11.6 Å². The largest absolute Gasteiger partial charge is 0.330 e. The first-order chi connectivity index (χ1) is 10.7. The van der Waals surface area contributed by atoms with Gasteiger partial charge in [0.2, 0.25) is 0 Å². The van der Waals surface area contributed by atoms with Crippen molar-refractivity contribution in [2.45, 2.75) is 26.3 Å². The van der Waals surface area contributed by atoms with Gasteiger partial charge in [-0.05, 0) is 55.3 Å². The number of halogens is 1. The van der Waals surface area contributed by atoms with Gasteiger partial charge in [0.1, 0.15) is 11.6 Å². The number of aromatic nitrogens is 2. The van der Waals surface area contributed by atoms with E-state index in [1.54, 1.807) is 12.1 Å². The Balaban J connectivity index is 2.04. The van der Waals surface area contributed by atoms with Crippen LogP contribution in [0, 0.1) is 12.7 Å². The highest BCUT2D eigenvalue weighted by molar-refractivity contribution is 5.77. The van der Waals surface area contributed by atoms with Crippen LogP contribution >= 0.6 is 0 Å². The summed E-state index contributed by atoms with van der Waals surface area (Å²) < 4.78 is 15.6. The van der Waals surface area contributed by atoms with Crippen molar-refractivity contribution in [2.75, 3.05) is 6.54 Å². The number of nitrogens with zero attached hydrogens (tertiary/aromatic N) is 2. The van der Waals surface area contributed by atoms with E-state index in [0.29, 0.717) is 13.1 Å². The molecule has 0 spiro atoms. The number of hydrogen-bond acceptors (Lipinski definition) is 2. The standard InChI is InChI=1S/C18H20FN3/c1-13-7-8-17-16(10-13)21-18(6-3-9-20)22(17)12-14-4-2-5-15(19)11-14/h2,4-5,7-8,10-11H,3,6,9,12,20H2,1H3. The quantitative estimate of drug-likeness (QED) is 0.784. The Bertz CT molecular complexity index is 792. The zero-order chi connectivity index (χ0) is 15.5. The van der Waals surface area contributed by atoms with Gasteiger partial charge in [0.05, 0.1) is 11.0 Å². The Morgan fingerprint density at radius 3 is 2.82 bits per heavy atom. The highest BCUT2D eigenvalue weighted by Gasteiger charge is 2.11. The van der Waals surface area contributed by atoms with Gasteiger partial charge in [-0.3, -0.25) is 0 Å². The Morgan fingerprint density at radius 1 is 1.18 bits per heavy atom. The summed E-state index contributed by atoms with van der Waals surface area (Å²) >= 11 is 0. The van der Waals surface area contributed by atoms with Gasteiger partial charge in [0.15, 0.2) is 0 Å². The second-order valence-corrected chi connectivity index (χ2v) is 5.63. The van der Waals surface area contributed by atoms with E-state index in [2.05, 4.69) is 29.7 Å². The van der Waals surface area contributed by atoms with Gasteiger partial charge in [-0.25, -0.2) is 9.37 Å². The van der Waals surface area contributed by atoms with Crippen molar-refractivity contribution in [2.24, 2.45) is 5.73 Å². The van der Waals surface area contributed by atoms with Crippen LogP contribution in [0.2, 0.25) is 0 Å². The van der Waals surface area contributed by atoms with Crippen molar-refractivity contribution < 1.29 is 4.39 Å². The fraction of sp³-hybridized carbons (Fsp3) is 0.278. The number of aryl methyl sites for hydroxylation is 2. The molecule has 0 atom stereocenters.